The Labute approximate surface area is 206 Å². The van der Waals surface area contributed by atoms with Crippen LogP contribution in [0.15, 0.2) is 88.8 Å². The summed E-state index contributed by atoms with van der Waals surface area (Å²) >= 11 is 1.50. The van der Waals surface area contributed by atoms with Crippen molar-refractivity contribution in [2.24, 2.45) is 0 Å². The number of nitrogen functional groups attached to an aromatic ring is 1. The zero-order valence-electron chi connectivity index (χ0n) is 18.5. The fourth-order valence-corrected chi connectivity index (χ4v) is 4.76. The number of carbonyl (C=O) groups excluding carboxylic acids is 2. The van der Waals surface area contributed by atoms with Crippen molar-refractivity contribution >= 4 is 41.2 Å². The van der Waals surface area contributed by atoms with Crippen LogP contribution in [0.4, 0.5) is 11.4 Å². The van der Waals surface area contributed by atoms with Crippen molar-refractivity contribution in [3.05, 3.63) is 101 Å². The van der Waals surface area contributed by atoms with Gasteiger partial charge in [-0.3, -0.25) is 14.6 Å². The number of benzene rings is 3. The standard InChI is InChI=1S/C27H21N5O2S/c28-13-19-11-17(6-8-21(19)29)22-9-5-16(14-30-22)15-31-26(33)18-7-10-25-23(12-18)32-27(34)20-3-1-2-4-24(20)35-25/h1-14,28H,15,29H2,(H,31,33)(H,32,34). The summed E-state index contributed by atoms with van der Waals surface area (Å²) in [4.78, 5) is 31.6. The van der Waals surface area contributed by atoms with Gasteiger partial charge < -0.3 is 21.8 Å². The second-order valence-electron chi connectivity index (χ2n) is 7.99. The molecular weight excluding hydrogens is 458 g/mol. The first-order valence-electron chi connectivity index (χ1n) is 10.9. The molecule has 0 atom stereocenters. The molecule has 0 fully saturated rings. The number of pyridine rings is 1. The number of anilines is 2. The number of rotatable bonds is 5. The molecule has 2 heterocycles. The molecule has 3 aromatic carbocycles. The molecule has 1 aliphatic rings. The molecule has 7 nitrogen and oxygen atoms in total. The molecule has 8 heteroatoms. The molecule has 0 saturated heterocycles. The van der Waals surface area contributed by atoms with E-state index in [2.05, 4.69) is 15.6 Å². The van der Waals surface area contributed by atoms with Gasteiger partial charge in [-0.2, -0.15) is 0 Å². The number of fused-ring (bicyclic) bond motifs is 2. The summed E-state index contributed by atoms with van der Waals surface area (Å²) in [5.41, 5.74) is 11.2. The van der Waals surface area contributed by atoms with Gasteiger partial charge in [-0.15, -0.1) is 0 Å². The summed E-state index contributed by atoms with van der Waals surface area (Å²) in [5, 5.41) is 13.3. The maximum absolute atomic E-state index is 12.8. The molecule has 0 aliphatic carbocycles. The van der Waals surface area contributed by atoms with Crippen molar-refractivity contribution in [3.8, 4) is 11.3 Å². The van der Waals surface area contributed by atoms with Crippen LogP contribution in [0.25, 0.3) is 11.3 Å². The van der Waals surface area contributed by atoms with Gasteiger partial charge in [-0.05, 0) is 54.1 Å². The summed E-state index contributed by atoms with van der Waals surface area (Å²) in [7, 11) is 0. The van der Waals surface area contributed by atoms with Crippen molar-refractivity contribution in [2.75, 3.05) is 11.1 Å². The number of carbonyl (C=O) groups is 2. The lowest BCUT2D eigenvalue weighted by molar-refractivity contribution is 0.0949. The van der Waals surface area contributed by atoms with Gasteiger partial charge in [0.05, 0.1) is 16.9 Å². The number of hydrogen-bond donors (Lipinski definition) is 4. The topological polar surface area (TPSA) is 121 Å². The first kappa shape index (κ1) is 22.4. The maximum atomic E-state index is 12.8. The minimum atomic E-state index is -0.243. The van der Waals surface area contributed by atoms with Crippen LogP contribution < -0.4 is 16.4 Å². The minimum Gasteiger partial charge on any atom is -0.398 e. The molecule has 2 amide bonds. The molecule has 5 N–H and O–H groups in total. The zero-order valence-corrected chi connectivity index (χ0v) is 19.4. The molecule has 0 bridgehead atoms. The summed E-state index contributed by atoms with van der Waals surface area (Å²) in [5.74, 6) is -0.434. The highest BCUT2D eigenvalue weighted by Gasteiger charge is 2.20. The highest BCUT2D eigenvalue weighted by atomic mass is 32.2. The first-order chi connectivity index (χ1) is 17.0. The summed E-state index contributed by atoms with van der Waals surface area (Å²) in [6, 6.07) is 21.9. The predicted molar refractivity (Wildman–Crippen MR) is 138 cm³/mol. The average Bonchev–Trinajstić information content (AvgIpc) is 3.03. The van der Waals surface area contributed by atoms with E-state index < -0.39 is 0 Å². The van der Waals surface area contributed by atoms with Crippen LogP contribution in [-0.2, 0) is 6.54 Å². The Kier molecular flexibility index (Phi) is 6.03. The summed E-state index contributed by atoms with van der Waals surface area (Å²) in [6.45, 7) is 0.309. The van der Waals surface area contributed by atoms with Gasteiger partial charge >= 0.3 is 0 Å². The number of nitrogens with two attached hydrogens (primary N) is 1. The smallest absolute Gasteiger partial charge is 0.256 e. The molecule has 35 heavy (non-hydrogen) atoms. The molecule has 0 unspecified atom stereocenters. The van der Waals surface area contributed by atoms with Gasteiger partial charge in [0.25, 0.3) is 11.8 Å². The van der Waals surface area contributed by atoms with Gasteiger partial charge in [0, 0.05) is 51.1 Å². The number of nitrogens with one attached hydrogen (secondary N) is 3. The van der Waals surface area contributed by atoms with Crippen LogP contribution in [0, 0.1) is 5.41 Å². The van der Waals surface area contributed by atoms with Gasteiger partial charge in [0.2, 0.25) is 0 Å². The lowest BCUT2D eigenvalue weighted by atomic mass is 10.1. The Morgan fingerprint density at radius 3 is 2.71 bits per heavy atom. The Hall–Kier alpha value is -4.43. The number of aromatic nitrogens is 1. The van der Waals surface area contributed by atoms with Crippen molar-refractivity contribution < 1.29 is 9.59 Å². The van der Waals surface area contributed by atoms with Crippen molar-refractivity contribution in [1.29, 1.82) is 5.41 Å². The summed E-state index contributed by atoms with van der Waals surface area (Å²) in [6.07, 6.45) is 2.93. The molecule has 0 radical (unpaired) electrons. The fraction of sp³-hybridized carbons (Fsp3) is 0.0370. The normalized spacial score (nSPS) is 12.1. The van der Waals surface area contributed by atoms with E-state index in [4.69, 9.17) is 11.1 Å². The average molecular weight is 480 g/mol. The van der Waals surface area contributed by atoms with Crippen molar-refractivity contribution in [2.45, 2.75) is 16.3 Å². The Bertz CT molecular complexity index is 1470. The van der Waals surface area contributed by atoms with Crippen LogP contribution in [-0.4, -0.2) is 23.0 Å². The van der Waals surface area contributed by atoms with E-state index in [1.165, 1.54) is 18.0 Å². The molecule has 4 aromatic rings. The van der Waals surface area contributed by atoms with Crippen molar-refractivity contribution in [1.82, 2.24) is 10.3 Å². The Morgan fingerprint density at radius 1 is 1.06 bits per heavy atom. The number of nitrogens with zero attached hydrogens (tertiary/aromatic N) is 1. The molecule has 1 aliphatic heterocycles. The van der Waals surface area contributed by atoms with E-state index in [-0.39, 0.29) is 11.8 Å². The molecular formula is C27H21N5O2S. The van der Waals surface area contributed by atoms with Crippen molar-refractivity contribution in [3.63, 3.8) is 0 Å². The van der Waals surface area contributed by atoms with Crippen LogP contribution in [0.3, 0.4) is 0 Å². The third-order valence-corrected chi connectivity index (χ3v) is 6.81. The molecule has 1 aromatic heterocycles. The molecule has 172 valence electrons. The van der Waals surface area contributed by atoms with E-state index in [1.54, 1.807) is 30.5 Å². The lowest BCUT2D eigenvalue weighted by Gasteiger charge is -2.10. The SMILES string of the molecule is N=Cc1cc(-c2ccc(CNC(=O)c3ccc4c(c3)NC(=O)c3ccccc3S4)cn2)ccc1N. The van der Waals surface area contributed by atoms with E-state index in [0.717, 1.165) is 26.6 Å². The molecule has 5 rings (SSSR count). The first-order valence-corrected chi connectivity index (χ1v) is 11.7. The van der Waals surface area contributed by atoms with Crippen LogP contribution in [0.1, 0.15) is 31.8 Å². The number of amides is 2. The highest BCUT2D eigenvalue weighted by molar-refractivity contribution is 7.99. The second kappa shape index (κ2) is 9.44. The summed E-state index contributed by atoms with van der Waals surface area (Å²) < 4.78 is 0. The van der Waals surface area contributed by atoms with Crippen LogP contribution in [0.2, 0.25) is 0 Å². The number of hydrogen-bond acceptors (Lipinski definition) is 6. The second-order valence-corrected chi connectivity index (χ2v) is 9.07. The minimum absolute atomic E-state index is 0.190. The predicted octanol–water partition coefficient (Wildman–Crippen LogP) is 4.98. The Morgan fingerprint density at radius 2 is 1.91 bits per heavy atom. The quantitative estimate of drug-likeness (QED) is 0.238. The molecule has 0 saturated carbocycles. The van der Waals surface area contributed by atoms with E-state index in [9.17, 15) is 9.59 Å². The lowest BCUT2D eigenvalue weighted by Crippen LogP contribution is -2.23. The van der Waals surface area contributed by atoms with Gasteiger partial charge in [-0.25, -0.2) is 0 Å². The fourth-order valence-electron chi connectivity index (χ4n) is 3.75. The third-order valence-electron chi connectivity index (χ3n) is 5.66. The van der Waals surface area contributed by atoms with Crippen LogP contribution in [0.5, 0.6) is 0 Å². The van der Waals surface area contributed by atoms with E-state index >= 15 is 0 Å². The van der Waals surface area contributed by atoms with Gasteiger partial charge in [0.1, 0.15) is 0 Å². The van der Waals surface area contributed by atoms with Gasteiger partial charge in [0.15, 0.2) is 0 Å². The van der Waals surface area contributed by atoms with E-state index in [1.807, 2.05) is 48.5 Å². The maximum Gasteiger partial charge on any atom is 0.256 e. The van der Waals surface area contributed by atoms with E-state index in [0.29, 0.717) is 34.6 Å². The Balaban J connectivity index is 1.27. The third kappa shape index (κ3) is 4.64. The highest BCUT2D eigenvalue weighted by Crippen LogP contribution is 2.39. The molecule has 0 spiro atoms. The monoisotopic (exact) mass is 479 g/mol. The van der Waals surface area contributed by atoms with Crippen LogP contribution >= 0.6 is 11.8 Å². The largest absolute Gasteiger partial charge is 0.398 e. The van der Waals surface area contributed by atoms with Gasteiger partial charge in [-0.1, -0.05) is 36.0 Å². The zero-order chi connectivity index (χ0) is 24.4.